The second-order valence-electron chi connectivity index (χ2n) is 18.5. The van der Waals surface area contributed by atoms with Gasteiger partial charge in [0.25, 0.3) is 0 Å². The van der Waals surface area contributed by atoms with Crippen LogP contribution >= 0.6 is 0 Å². The fraction of sp³-hybridized carbons (Fsp3) is 0.919. The van der Waals surface area contributed by atoms with E-state index >= 15 is 0 Å². The highest BCUT2D eigenvalue weighted by Crippen LogP contribution is 2.89. The van der Waals surface area contributed by atoms with Gasteiger partial charge in [0.1, 0.15) is 36.6 Å². The zero-order chi connectivity index (χ0) is 34.8. The van der Waals surface area contributed by atoms with Gasteiger partial charge in [0, 0.05) is 29.1 Å². The number of hydrogen-bond acceptors (Lipinski definition) is 11. The maximum Gasteiger partial charge on any atom is 0.302 e. The Morgan fingerprint density at radius 2 is 1.75 bits per heavy atom. The minimum atomic E-state index is -1.35. The summed E-state index contributed by atoms with van der Waals surface area (Å²) in [5.74, 6) is -1.68. The summed E-state index contributed by atoms with van der Waals surface area (Å²) >= 11 is 0. The number of hydrogen-bond donors (Lipinski definition) is 5. The van der Waals surface area contributed by atoms with E-state index in [2.05, 4.69) is 40.7 Å². The first-order valence-electron chi connectivity index (χ1n) is 18.2. The van der Waals surface area contributed by atoms with Crippen molar-refractivity contribution in [2.24, 2.45) is 44.8 Å². The molecular formula is C37H56O11. The number of ether oxygens (including phenoxy) is 5. The number of esters is 1. The van der Waals surface area contributed by atoms with E-state index < -0.39 is 65.1 Å². The van der Waals surface area contributed by atoms with Crippen LogP contribution in [0.25, 0.3) is 0 Å². The van der Waals surface area contributed by atoms with Crippen molar-refractivity contribution in [1.82, 2.24) is 0 Å². The molecule has 11 heteroatoms. The van der Waals surface area contributed by atoms with Gasteiger partial charge in [-0.3, -0.25) is 4.79 Å². The van der Waals surface area contributed by atoms with Gasteiger partial charge >= 0.3 is 5.97 Å². The average molecular weight is 677 g/mol. The minimum Gasteiger partial charge on any atom is -0.462 e. The van der Waals surface area contributed by atoms with E-state index in [4.69, 9.17) is 23.7 Å². The van der Waals surface area contributed by atoms with Crippen LogP contribution in [0.1, 0.15) is 93.9 Å². The third-order valence-corrected chi connectivity index (χ3v) is 15.6. The highest BCUT2D eigenvalue weighted by molar-refractivity contribution is 5.66. The van der Waals surface area contributed by atoms with Crippen LogP contribution in [0.2, 0.25) is 0 Å². The van der Waals surface area contributed by atoms with Gasteiger partial charge in [-0.2, -0.15) is 0 Å². The van der Waals surface area contributed by atoms with Gasteiger partial charge in [0.05, 0.1) is 24.4 Å². The molecule has 0 aromatic heterocycles. The maximum absolute atomic E-state index is 12.9. The monoisotopic (exact) mass is 676 g/mol. The van der Waals surface area contributed by atoms with E-state index in [0.717, 1.165) is 19.3 Å². The van der Waals surface area contributed by atoms with Gasteiger partial charge in [-0.05, 0) is 75.0 Å². The lowest BCUT2D eigenvalue weighted by Crippen LogP contribution is -2.62. The molecule has 3 saturated heterocycles. The molecule has 3 heterocycles. The van der Waals surface area contributed by atoms with Crippen LogP contribution in [0.4, 0.5) is 0 Å². The van der Waals surface area contributed by atoms with E-state index in [9.17, 15) is 30.3 Å². The topological polar surface area (TPSA) is 164 Å². The number of aliphatic hydroxyl groups excluding tert-OH is 4. The van der Waals surface area contributed by atoms with Crippen molar-refractivity contribution in [2.75, 3.05) is 6.61 Å². The summed E-state index contributed by atoms with van der Waals surface area (Å²) in [7, 11) is 0. The van der Waals surface area contributed by atoms with Crippen molar-refractivity contribution >= 4 is 5.97 Å². The van der Waals surface area contributed by atoms with E-state index in [0.29, 0.717) is 19.3 Å². The standard InChI is InChI=1S/C37H56O11/c1-17-13-20-28(32(5,6)43)48-37(47-20)27(17)34(8)24(45-18(2)38)14-36-16-35(36)12-11-23(46-29-26(41)25(40)19(39)15-44-29)31(3,4)21(35)9-10-22(36)33(34,7)30(37)42/h10,17,19-21,23-30,39-43H,9,11-16H2,1-8H3/t17-,19-,20-,21+,23+,24-,25+,26-,27-,28-,29+,30-,33-,34-,35-,36+,37+/m1/s1. The fourth-order valence-electron chi connectivity index (χ4n) is 13.5. The molecule has 11 nitrogen and oxygen atoms in total. The molecule has 3 aliphatic heterocycles. The summed E-state index contributed by atoms with van der Waals surface area (Å²) in [5.41, 5.74) is -2.22. The summed E-state index contributed by atoms with van der Waals surface area (Å²) < 4.78 is 32.1. The van der Waals surface area contributed by atoms with Crippen LogP contribution in [-0.4, -0.2) is 105 Å². The molecule has 17 atom stereocenters. The zero-order valence-electron chi connectivity index (χ0n) is 29.6. The van der Waals surface area contributed by atoms with Crippen molar-refractivity contribution < 1.29 is 54.0 Å². The molecule has 8 aliphatic rings. The summed E-state index contributed by atoms with van der Waals surface area (Å²) in [4.78, 5) is 12.9. The number of fused-ring (bicyclic) bond motifs is 4. The molecular weight excluding hydrogens is 620 g/mol. The Labute approximate surface area is 283 Å². The lowest BCUT2D eigenvalue weighted by molar-refractivity contribution is -0.301. The molecule has 48 heavy (non-hydrogen) atoms. The second kappa shape index (κ2) is 10.0. The van der Waals surface area contributed by atoms with Gasteiger partial charge in [0.15, 0.2) is 12.1 Å². The van der Waals surface area contributed by atoms with Crippen LogP contribution < -0.4 is 0 Å². The lowest BCUT2D eigenvalue weighted by Gasteiger charge is -2.62. The van der Waals surface area contributed by atoms with E-state index in [1.54, 1.807) is 13.8 Å². The van der Waals surface area contributed by atoms with Gasteiger partial charge in [-0.25, -0.2) is 0 Å². The molecule has 5 N–H and O–H groups in total. The molecule has 3 spiro atoms. The first-order valence-corrected chi connectivity index (χ1v) is 18.2. The number of carbonyl (C=O) groups is 1. The smallest absolute Gasteiger partial charge is 0.302 e. The highest BCUT2D eigenvalue weighted by atomic mass is 16.8. The molecule has 8 rings (SSSR count). The highest BCUT2D eigenvalue weighted by Gasteiger charge is 2.89. The van der Waals surface area contributed by atoms with Crippen molar-refractivity contribution in [3.63, 3.8) is 0 Å². The van der Waals surface area contributed by atoms with Gasteiger partial charge in [-0.1, -0.05) is 46.3 Å². The van der Waals surface area contributed by atoms with Gasteiger partial charge in [-0.15, -0.1) is 0 Å². The molecule has 2 bridgehead atoms. The third kappa shape index (κ3) is 3.84. The third-order valence-electron chi connectivity index (χ3n) is 15.6. The molecule has 4 saturated carbocycles. The number of aliphatic hydroxyl groups is 5. The Morgan fingerprint density at radius 3 is 2.42 bits per heavy atom. The SMILES string of the molecule is CC(=O)O[C@@H]1C[C@@]23C[C@@]24CC[C@H](O[C@@H]2OC[C@@H](O)[C@H](O)[C@H]2O)C(C)(C)[C@@H]4CC=C3[C@]2(C)[C@@H](O)[C@@]34O[C@@H](C(C)(C)O)[C@@H](C[C@@H](C)[C@@H]3[C@@]12C)O4. The predicted octanol–water partition coefficient (Wildman–Crippen LogP) is 2.58. The molecule has 270 valence electrons. The van der Waals surface area contributed by atoms with Crippen LogP contribution in [0, 0.1) is 44.8 Å². The van der Waals surface area contributed by atoms with Crippen LogP contribution in [0.3, 0.4) is 0 Å². The predicted molar refractivity (Wildman–Crippen MR) is 170 cm³/mol. The van der Waals surface area contributed by atoms with Crippen LogP contribution in [-0.2, 0) is 28.5 Å². The van der Waals surface area contributed by atoms with Crippen molar-refractivity contribution in [3.05, 3.63) is 11.6 Å². The average Bonchev–Trinajstić information content (AvgIpc) is 3.48. The summed E-state index contributed by atoms with van der Waals surface area (Å²) in [6.07, 6.45) is -0.692. The minimum absolute atomic E-state index is 0.0818. The summed E-state index contributed by atoms with van der Waals surface area (Å²) in [6.45, 7) is 15.8. The second-order valence-corrected chi connectivity index (χ2v) is 18.5. The van der Waals surface area contributed by atoms with Gasteiger partial charge < -0.3 is 49.2 Å². The maximum atomic E-state index is 12.9. The largest absolute Gasteiger partial charge is 0.462 e. The normalized spacial score (nSPS) is 57.7. The van der Waals surface area contributed by atoms with Crippen molar-refractivity contribution in [1.29, 1.82) is 0 Å². The fourth-order valence-corrected chi connectivity index (χ4v) is 13.5. The molecule has 7 fully saturated rings. The molecule has 0 aromatic rings. The summed E-state index contributed by atoms with van der Waals surface area (Å²) in [5, 5.41) is 54.9. The Bertz CT molecular complexity index is 1410. The van der Waals surface area contributed by atoms with Crippen molar-refractivity contribution in [2.45, 2.75) is 160 Å². The molecule has 5 aliphatic carbocycles. The van der Waals surface area contributed by atoms with Crippen LogP contribution in [0.5, 0.6) is 0 Å². The van der Waals surface area contributed by atoms with Gasteiger partial charge in [0.2, 0.25) is 0 Å². The Balaban J connectivity index is 1.19. The van der Waals surface area contributed by atoms with E-state index in [1.165, 1.54) is 12.5 Å². The van der Waals surface area contributed by atoms with E-state index in [-0.39, 0.29) is 58.8 Å². The molecule has 0 unspecified atom stereocenters. The Morgan fingerprint density at radius 1 is 1.04 bits per heavy atom. The first-order chi connectivity index (χ1) is 22.2. The lowest BCUT2D eigenvalue weighted by atomic mass is 9.44. The van der Waals surface area contributed by atoms with Crippen LogP contribution in [0.15, 0.2) is 11.6 Å². The summed E-state index contributed by atoms with van der Waals surface area (Å²) in [6, 6.07) is 0. The van der Waals surface area contributed by atoms with Crippen molar-refractivity contribution in [3.8, 4) is 0 Å². The first kappa shape index (κ1) is 34.0. The Hall–Kier alpha value is -1.15. The number of rotatable bonds is 4. The zero-order valence-corrected chi connectivity index (χ0v) is 29.6. The molecule has 0 amide bonds. The Kier molecular flexibility index (Phi) is 7.10. The molecule has 0 aromatic carbocycles. The quantitative estimate of drug-likeness (QED) is 0.220. The number of carbonyl (C=O) groups excluding carboxylic acids is 1. The molecule has 0 radical (unpaired) electrons. The van der Waals surface area contributed by atoms with E-state index in [1.807, 2.05) is 0 Å². The number of allylic oxidation sites excluding steroid dienone is 1.